The highest BCUT2D eigenvalue weighted by Crippen LogP contribution is 2.36. The van der Waals surface area contributed by atoms with Gasteiger partial charge in [-0.2, -0.15) is 0 Å². The molecule has 1 heterocycles. The van der Waals surface area contributed by atoms with Crippen molar-refractivity contribution in [2.75, 3.05) is 12.4 Å². The van der Waals surface area contributed by atoms with E-state index in [-0.39, 0.29) is 11.8 Å². The summed E-state index contributed by atoms with van der Waals surface area (Å²) in [5.74, 6) is 0.138. The van der Waals surface area contributed by atoms with Crippen LogP contribution >= 0.6 is 15.9 Å². The first-order chi connectivity index (χ1) is 10.1. The lowest BCUT2D eigenvalue weighted by atomic mass is 9.91. The number of anilines is 1. The van der Waals surface area contributed by atoms with Gasteiger partial charge >= 0.3 is 0 Å². The minimum atomic E-state index is -0.0323. The number of nitrogens with one attached hydrogen (secondary N) is 1. The third-order valence-electron chi connectivity index (χ3n) is 3.88. The summed E-state index contributed by atoms with van der Waals surface area (Å²) in [6.45, 7) is 2.02. The maximum absolute atomic E-state index is 12.6. The van der Waals surface area contributed by atoms with Crippen LogP contribution in [0.2, 0.25) is 0 Å². The summed E-state index contributed by atoms with van der Waals surface area (Å²) in [5, 5.41) is 3.00. The van der Waals surface area contributed by atoms with E-state index in [4.69, 9.17) is 0 Å². The Labute approximate surface area is 133 Å². The number of hydrogen-bond acceptors (Lipinski definition) is 2. The molecule has 1 N–H and O–H groups in total. The Morgan fingerprint density at radius 1 is 1.43 bits per heavy atom. The van der Waals surface area contributed by atoms with Gasteiger partial charge in [0.1, 0.15) is 0 Å². The fraction of sp³-hybridized carbons (Fsp3) is 0.235. The summed E-state index contributed by atoms with van der Waals surface area (Å²) in [7, 11) is 1.99. The summed E-state index contributed by atoms with van der Waals surface area (Å²) >= 11 is 3.50. The van der Waals surface area contributed by atoms with Gasteiger partial charge in [0.2, 0.25) is 0 Å². The van der Waals surface area contributed by atoms with E-state index in [1.165, 1.54) is 5.70 Å². The fourth-order valence-corrected chi connectivity index (χ4v) is 3.37. The van der Waals surface area contributed by atoms with Crippen LogP contribution in [0.5, 0.6) is 0 Å². The molecule has 2 aliphatic rings. The van der Waals surface area contributed by atoms with Gasteiger partial charge in [-0.05, 0) is 53.0 Å². The average Bonchev–Trinajstić information content (AvgIpc) is 2.80. The van der Waals surface area contributed by atoms with Crippen molar-refractivity contribution in [2.45, 2.75) is 13.3 Å². The van der Waals surface area contributed by atoms with Crippen molar-refractivity contribution >= 4 is 27.5 Å². The molecule has 1 aromatic rings. The quantitative estimate of drug-likeness (QED) is 0.879. The van der Waals surface area contributed by atoms with Gasteiger partial charge in [-0.1, -0.05) is 18.2 Å². The van der Waals surface area contributed by atoms with E-state index < -0.39 is 0 Å². The molecular weight excluding hydrogens is 328 g/mol. The number of carbonyl (C=O) groups is 1. The SMILES string of the molecule is Cc1ccc(NC(=O)C2=CN(C)C3=CC=CCC23)c(Br)c1. The molecule has 3 rings (SSSR count). The predicted molar refractivity (Wildman–Crippen MR) is 88.7 cm³/mol. The summed E-state index contributed by atoms with van der Waals surface area (Å²) < 4.78 is 0.905. The maximum Gasteiger partial charge on any atom is 0.253 e. The highest BCUT2D eigenvalue weighted by atomic mass is 79.9. The minimum Gasteiger partial charge on any atom is -0.353 e. The summed E-state index contributed by atoms with van der Waals surface area (Å²) in [6, 6.07) is 5.91. The van der Waals surface area contributed by atoms with Gasteiger partial charge < -0.3 is 10.2 Å². The van der Waals surface area contributed by atoms with Crippen molar-refractivity contribution in [3.8, 4) is 0 Å². The third kappa shape index (κ3) is 2.68. The number of rotatable bonds is 2. The van der Waals surface area contributed by atoms with E-state index in [1.54, 1.807) is 0 Å². The number of nitrogens with zero attached hydrogens (tertiary/aromatic N) is 1. The zero-order chi connectivity index (χ0) is 15.0. The molecule has 0 saturated heterocycles. The van der Waals surface area contributed by atoms with Crippen LogP contribution in [0, 0.1) is 12.8 Å². The molecular formula is C17H17BrN2O. The molecule has 1 aromatic carbocycles. The second-order valence-corrected chi connectivity index (χ2v) is 6.30. The fourth-order valence-electron chi connectivity index (χ4n) is 2.77. The van der Waals surface area contributed by atoms with Gasteiger partial charge in [-0.15, -0.1) is 0 Å². The highest BCUT2D eigenvalue weighted by Gasteiger charge is 2.32. The number of aryl methyl sites for hydroxylation is 1. The standard InChI is InChI=1S/C17H17BrN2O/c1-11-7-8-15(14(18)9-11)19-17(21)13-10-20(2)16-6-4-3-5-12(13)16/h3-4,6-10,12H,5H2,1-2H3,(H,19,21). The second kappa shape index (κ2) is 5.53. The largest absolute Gasteiger partial charge is 0.353 e. The first kappa shape index (κ1) is 14.1. The molecule has 1 amide bonds. The second-order valence-electron chi connectivity index (χ2n) is 5.44. The smallest absolute Gasteiger partial charge is 0.253 e. The van der Waals surface area contributed by atoms with Crippen molar-refractivity contribution in [3.63, 3.8) is 0 Å². The topological polar surface area (TPSA) is 32.3 Å². The Morgan fingerprint density at radius 3 is 3.00 bits per heavy atom. The van der Waals surface area contributed by atoms with E-state index in [0.717, 1.165) is 27.7 Å². The molecule has 0 spiro atoms. The van der Waals surface area contributed by atoms with Gasteiger partial charge in [0.15, 0.2) is 0 Å². The lowest BCUT2D eigenvalue weighted by Gasteiger charge is -2.20. The number of allylic oxidation sites excluding steroid dienone is 4. The van der Waals surface area contributed by atoms with Gasteiger partial charge in [0.25, 0.3) is 5.91 Å². The Kier molecular flexibility index (Phi) is 3.72. The summed E-state index contributed by atoms with van der Waals surface area (Å²) in [5.41, 5.74) is 3.96. The van der Waals surface area contributed by atoms with Crippen LogP contribution in [-0.4, -0.2) is 17.9 Å². The van der Waals surface area contributed by atoms with Crippen LogP contribution in [0.15, 0.2) is 58.4 Å². The lowest BCUT2D eigenvalue weighted by Crippen LogP contribution is -2.20. The van der Waals surface area contributed by atoms with Crippen LogP contribution in [0.1, 0.15) is 12.0 Å². The van der Waals surface area contributed by atoms with Crippen molar-refractivity contribution < 1.29 is 4.79 Å². The van der Waals surface area contributed by atoms with E-state index in [0.29, 0.717) is 0 Å². The third-order valence-corrected chi connectivity index (χ3v) is 4.54. The van der Waals surface area contributed by atoms with Crippen LogP contribution in [0.25, 0.3) is 0 Å². The molecule has 1 aliphatic heterocycles. The Balaban J connectivity index is 1.81. The summed E-state index contributed by atoms with van der Waals surface area (Å²) in [6.07, 6.45) is 9.04. The average molecular weight is 345 g/mol. The number of benzene rings is 1. The first-order valence-electron chi connectivity index (χ1n) is 6.95. The highest BCUT2D eigenvalue weighted by molar-refractivity contribution is 9.10. The molecule has 4 heteroatoms. The monoisotopic (exact) mass is 344 g/mol. The molecule has 0 saturated carbocycles. The van der Waals surface area contributed by atoms with Gasteiger partial charge in [-0.25, -0.2) is 0 Å². The first-order valence-corrected chi connectivity index (χ1v) is 7.74. The van der Waals surface area contributed by atoms with Crippen LogP contribution in [0.4, 0.5) is 5.69 Å². The molecule has 1 atom stereocenters. The van der Waals surface area contributed by atoms with Crippen molar-refractivity contribution in [3.05, 3.63) is 63.9 Å². The molecule has 0 radical (unpaired) electrons. The maximum atomic E-state index is 12.6. The van der Waals surface area contributed by atoms with Crippen LogP contribution in [-0.2, 0) is 4.79 Å². The zero-order valence-corrected chi connectivity index (χ0v) is 13.6. The molecule has 3 nitrogen and oxygen atoms in total. The van der Waals surface area contributed by atoms with Crippen molar-refractivity contribution in [2.24, 2.45) is 5.92 Å². The zero-order valence-electron chi connectivity index (χ0n) is 12.1. The number of hydrogen-bond donors (Lipinski definition) is 1. The molecule has 108 valence electrons. The Hall–Kier alpha value is -1.81. The van der Waals surface area contributed by atoms with Gasteiger partial charge in [0, 0.05) is 34.9 Å². The van der Waals surface area contributed by atoms with Gasteiger partial charge in [0.05, 0.1) is 5.69 Å². The minimum absolute atomic E-state index is 0.0323. The Bertz CT molecular complexity index is 688. The molecule has 0 aromatic heterocycles. The molecule has 1 aliphatic carbocycles. The van der Waals surface area contributed by atoms with Crippen molar-refractivity contribution in [1.82, 2.24) is 4.90 Å². The van der Waals surface area contributed by atoms with E-state index in [2.05, 4.69) is 33.4 Å². The van der Waals surface area contributed by atoms with Gasteiger partial charge in [-0.3, -0.25) is 4.79 Å². The predicted octanol–water partition coefficient (Wildman–Crippen LogP) is 3.99. The number of amides is 1. The van der Waals surface area contributed by atoms with Crippen LogP contribution < -0.4 is 5.32 Å². The number of fused-ring (bicyclic) bond motifs is 1. The van der Waals surface area contributed by atoms with E-state index in [9.17, 15) is 4.79 Å². The molecule has 0 bridgehead atoms. The number of halogens is 1. The lowest BCUT2D eigenvalue weighted by molar-refractivity contribution is -0.113. The van der Waals surface area contributed by atoms with E-state index >= 15 is 0 Å². The molecule has 1 unspecified atom stereocenters. The normalized spacial score (nSPS) is 20.0. The Morgan fingerprint density at radius 2 is 2.24 bits per heavy atom. The molecule has 21 heavy (non-hydrogen) atoms. The van der Waals surface area contributed by atoms with E-state index in [1.807, 2.05) is 49.3 Å². The number of carbonyl (C=O) groups excluding carboxylic acids is 1. The van der Waals surface area contributed by atoms with Crippen LogP contribution in [0.3, 0.4) is 0 Å². The van der Waals surface area contributed by atoms with Crippen molar-refractivity contribution in [1.29, 1.82) is 0 Å². The molecule has 0 fully saturated rings. The summed E-state index contributed by atoms with van der Waals surface area (Å²) in [4.78, 5) is 14.6.